The van der Waals surface area contributed by atoms with Crippen LogP contribution in [0.15, 0.2) is 0 Å². The fraction of sp³-hybridized carbons (Fsp3) is 0.833. The van der Waals surface area contributed by atoms with Crippen LogP contribution in [-0.4, -0.2) is 54.9 Å². The Kier molecular flexibility index (Phi) is 5.91. The van der Waals surface area contributed by atoms with Crippen molar-refractivity contribution in [3.63, 3.8) is 0 Å². The van der Waals surface area contributed by atoms with Crippen molar-refractivity contribution < 1.29 is 19.4 Å². The van der Waals surface area contributed by atoms with Gasteiger partial charge in [0.15, 0.2) is 0 Å². The summed E-state index contributed by atoms with van der Waals surface area (Å²) in [6.45, 7) is 3.96. The number of methoxy groups -OCH3 is 1. The van der Waals surface area contributed by atoms with Gasteiger partial charge in [-0.2, -0.15) is 0 Å². The summed E-state index contributed by atoms with van der Waals surface area (Å²) in [6.07, 6.45) is 1.49. The Labute approximate surface area is 107 Å². The molecule has 18 heavy (non-hydrogen) atoms. The number of carboxylic acid groups (broad SMARTS) is 1. The first-order chi connectivity index (χ1) is 8.52. The van der Waals surface area contributed by atoms with E-state index >= 15 is 0 Å². The second-order valence-corrected chi connectivity index (χ2v) is 4.84. The quantitative estimate of drug-likeness (QED) is 0.742. The van der Waals surface area contributed by atoms with Crippen LogP contribution in [0.2, 0.25) is 0 Å². The minimum atomic E-state index is -0.836. The van der Waals surface area contributed by atoms with E-state index in [9.17, 15) is 9.59 Å². The number of urea groups is 1. The van der Waals surface area contributed by atoms with Crippen LogP contribution in [0.5, 0.6) is 0 Å². The SMILES string of the molecule is COCC1CCN(C(=O)NC(C)CCC(=O)O)C1. The molecule has 0 aromatic rings. The molecule has 6 nitrogen and oxygen atoms in total. The van der Waals surface area contributed by atoms with Gasteiger partial charge in [-0.25, -0.2) is 4.79 Å². The molecule has 2 atom stereocenters. The second kappa shape index (κ2) is 7.20. The number of rotatable bonds is 6. The van der Waals surface area contributed by atoms with E-state index in [1.165, 1.54) is 0 Å². The highest BCUT2D eigenvalue weighted by Gasteiger charge is 2.26. The number of carbonyl (C=O) groups is 2. The Balaban J connectivity index is 2.26. The van der Waals surface area contributed by atoms with Crippen molar-refractivity contribution in [2.24, 2.45) is 5.92 Å². The third-order valence-electron chi connectivity index (χ3n) is 3.14. The molecule has 1 aliphatic heterocycles. The Morgan fingerprint density at radius 1 is 1.56 bits per heavy atom. The molecule has 0 spiro atoms. The molecule has 0 aromatic heterocycles. The maximum Gasteiger partial charge on any atom is 0.317 e. The van der Waals surface area contributed by atoms with Crippen LogP contribution >= 0.6 is 0 Å². The summed E-state index contributed by atoms with van der Waals surface area (Å²) in [7, 11) is 1.66. The van der Waals surface area contributed by atoms with Crippen LogP contribution in [0.4, 0.5) is 4.79 Å². The summed E-state index contributed by atoms with van der Waals surface area (Å²) >= 11 is 0. The number of likely N-dealkylation sites (tertiary alicyclic amines) is 1. The zero-order chi connectivity index (χ0) is 13.5. The summed E-state index contributed by atoms with van der Waals surface area (Å²) in [5.41, 5.74) is 0. The molecule has 2 unspecified atom stereocenters. The van der Waals surface area contributed by atoms with Crippen molar-refractivity contribution in [1.82, 2.24) is 10.2 Å². The molecule has 0 aliphatic carbocycles. The van der Waals surface area contributed by atoms with E-state index in [0.717, 1.165) is 13.0 Å². The monoisotopic (exact) mass is 258 g/mol. The minimum absolute atomic E-state index is 0.0771. The summed E-state index contributed by atoms with van der Waals surface area (Å²) in [6, 6.07) is -0.221. The highest BCUT2D eigenvalue weighted by atomic mass is 16.5. The molecule has 104 valence electrons. The van der Waals surface area contributed by atoms with Gasteiger partial charge in [0.2, 0.25) is 0 Å². The van der Waals surface area contributed by atoms with Gasteiger partial charge in [0.05, 0.1) is 6.61 Å². The lowest BCUT2D eigenvalue weighted by atomic mass is 10.1. The van der Waals surface area contributed by atoms with Crippen molar-refractivity contribution in [3.8, 4) is 0 Å². The summed E-state index contributed by atoms with van der Waals surface area (Å²) < 4.78 is 5.08. The summed E-state index contributed by atoms with van der Waals surface area (Å²) in [5, 5.41) is 11.4. The molecule has 1 fully saturated rings. The van der Waals surface area contributed by atoms with Crippen LogP contribution in [0.3, 0.4) is 0 Å². The number of aliphatic carboxylic acids is 1. The number of carboxylic acids is 1. The number of hydrogen-bond donors (Lipinski definition) is 2. The highest BCUT2D eigenvalue weighted by molar-refractivity contribution is 5.75. The lowest BCUT2D eigenvalue weighted by Gasteiger charge is -2.20. The highest BCUT2D eigenvalue weighted by Crippen LogP contribution is 2.16. The Morgan fingerprint density at radius 3 is 2.89 bits per heavy atom. The second-order valence-electron chi connectivity index (χ2n) is 4.84. The zero-order valence-electron chi connectivity index (χ0n) is 11.0. The van der Waals surface area contributed by atoms with Gasteiger partial charge in [-0.15, -0.1) is 0 Å². The first kappa shape index (κ1) is 14.8. The van der Waals surface area contributed by atoms with Crippen LogP contribution < -0.4 is 5.32 Å². The van der Waals surface area contributed by atoms with E-state index in [1.807, 2.05) is 6.92 Å². The molecule has 1 heterocycles. The zero-order valence-corrected chi connectivity index (χ0v) is 11.0. The number of hydrogen-bond acceptors (Lipinski definition) is 3. The molecule has 1 saturated heterocycles. The fourth-order valence-corrected chi connectivity index (χ4v) is 2.10. The third-order valence-corrected chi connectivity index (χ3v) is 3.14. The van der Waals surface area contributed by atoms with Crippen molar-refractivity contribution in [2.45, 2.75) is 32.2 Å². The number of nitrogens with one attached hydrogen (secondary N) is 1. The van der Waals surface area contributed by atoms with Gasteiger partial charge in [-0.1, -0.05) is 0 Å². The molecule has 0 aromatic carbocycles. The van der Waals surface area contributed by atoms with Crippen molar-refractivity contribution in [2.75, 3.05) is 26.8 Å². The molecule has 2 N–H and O–H groups in total. The van der Waals surface area contributed by atoms with Gasteiger partial charge >= 0.3 is 12.0 Å². The number of amides is 2. The average Bonchev–Trinajstić information content (AvgIpc) is 2.75. The van der Waals surface area contributed by atoms with Crippen molar-refractivity contribution >= 4 is 12.0 Å². The van der Waals surface area contributed by atoms with Gasteiger partial charge in [0.25, 0.3) is 0 Å². The topological polar surface area (TPSA) is 78.9 Å². The lowest BCUT2D eigenvalue weighted by molar-refractivity contribution is -0.137. The van der Waals surface area contributed by atoms with Gasteiger partial charge in [0.1, 0.15) is 0 Å². The van der Waals surface area contributed by atoms with Gasteiger partial charge in [-0.05, 0) is 19.8 Å². The molecule has 0 radical (unpaired) electrons. The normalized spacial score (nSPS) is 20.8. The van der Waals surface area contributed by atoms with Crippen molar-refractivity contribution in [1.29, 1.82) is 0 Å². The number of ether oxygens (including phenoxy) is 1. The van der Waals surface area contributed by atoms with Gasteiger partial charge < -0.3 is 20.1 Å². The van der Waals surface area contributed by atoms with Crippen LogP contribution in [0.25, 0.3) is 0 Å². The Hall–Kier alpha value is -1.30. The molecule has 1 aliphatic rings. The molecule has 0 bridgehead atoms. The molecule has 2 amide bonds. The molecule has 1 rings (SSSR count). The van der Waals surface area contributed by atoms with E-state index in [-0.39, 0.29) is 18.5 Å². The lowest BCUT2D eigenvalue weighted by Crippen LogP contribution is -2.43. The average molecular weight is 258 g/mol. The van der Waals surface area contributed by atoms with E-state index in [4.69, 9.17) is 9.84 Å². The van der Waals surface area contributed by atoms with Gasteiger partial charge in [0, 0.05) is 38.6 Å². The van der Waals surface area contributed by atoms with Crippen LogP contribution in [-0.2, 0) is 9.53 Å². The van der Waals surface area contributed by atoms with E-state index in [1.54, 1.807) is 12.0 Å². The number of carbonyl (C=O) groups excluding carboxylic acids is 1. The molecule has 0 saturated carbocycles. The predicted molar refractivity (Wildman–Crippen MR) is 66.4 cm³/mol. The summed E-state index contributed by atoms with van der Waals surface area (Å²) in [5.74, 6) is -0.424. The maximum atomic E-state index is 11.9. The first-order valence-electron chi connectivity index (χ1n) is 6.29. The molecule has 6 heteroatoms. The number of nitrogens with zero attached hydrogens (tertiary/aromatic N) is 1. The smallest absolute Gasteiger partial charge is 0.317 e. The van der Waals surface area contributed by atoms with Crippen LogP contribution in [0.1, 0.15) is 26.2 Å². The largest absolute Gasteiger partial charge is 0.481 e. The van der Waals surface area contributed by atoms with Crippen molar-refractivity contribution in [3.05, 3.63) is 0 Å². The van der Waals surface area contributed by atoms with E-state index < -0.39 is 5.97 Å². The Bertz CT molecular complexity index is 296. The first-order valence-corrected chi connectivity index (χ1v) is 6.29. The van der Waals surface area contributed by atoms with Crippen LogP contribution in [0, 0.1) is 5.92 Å². The molecular formula is C12H22N2O4. The van der Waals surface area contributed by atoms with E-state index in [0.29, 0.717) is 25.5 Å². The van der Waals surface area contributed by atoms with Gasteiger partial charge in [-0.3, -0.25) is 4.79 Å². The Morgan fingerprint density at radius 2 is 2.28 bits per heavy atom. The fourth-order valence-electron chi connectivity index (χ4n) is 2.10. The van der Waals surface area contributed by atoms with E-state index in [2.05, 4.69) is 5.32 Å². The predicted octanol–water partition coefficient (Wildman–Crippen LogP) is 0.918. The molecular weight excluding hydrogens is 236 g/mol. The third kappa shape index (κ3) is 4.91. The minimum Gasteiger partial charge on any atom is -0.481 e. The maximum absolute atomic E-state index is 11.9. The standard InChI is InChI=1S/C12H22N2O4/c1-9(3-4-11(15)16)13-12(17)14-6-5-10(7-14)8-18-2/h9-10H,3-8H2,1-2H3,(H,13,17)(H,15,16). The summed E-state index contributed by atoms with van der Waals surface area (Å²) in [4.78, 5) is 24.1.